The van der Waals surface area contributed by atoms with Crippen LogP contribution in [-0.4, -0.2) is 32.4 Å². The van der Waals surface area contributed by atoms with Gasteiger partial charge < -0.3 is 5.32 Å². The summed E-state index contributed by atoms with van der Waals surface area (Å²) in [6, 6.07) is 5.64. The summed E-state index contributed by atoms with van der Waals surface area (Å²) in [4.78, 5) is 0.534. The number of anilines is 1. The molecule has 21 heavy (non-hydrogen) atoms. The predicted octanol–water partition coefficient (Wildman–Crippen LogP) is 2.47. The van der Waals surface area contributed by atoms with Gasteiger partial charge in [-0.15, -0.1) is 0 Å². The number of hydrogen-bond acceptors (Lipinski definition) is 3. The maximum atomic E-state index is 13.0. The van der Waals surface area contributed by atoms with E-state index in [1.54, 1.807) is 10.4 Å². The first-order valence-electron chi connectivity index (χ1n) is 8.02. The number of nitrogens with zero attached hydrogens (tertiary/aromatic N) is 1. The first-order chi connectivity index (χ1) is 10.2. The van der Waals surface area contributed by atoms with Crippen molar-refractivity contribution in [3.8, 4) is 0 Å². The Hall–Kier alpha value is -1.07. The van der Waals surface area contributed by atoms with Crippen LogP contribution in [0.5, 0.6) is 0 Å². The molecule has 2 atom stereocenters. The number of sulfonamides is 1. The van der Waals surface area contributed by atoms with Crippen LogP contribution < -0.4 is 5.32 Å². The second-order valence-electron chi connectivity index (χ2n) is 6.59. The molecular weight excluding hydrogens is 284 g/mol. The Balaban J connectivity index is 1.69. The van der Waals surface area contributed by atoms with Gasteiger partial charge in [0.15, 0.2) is 0 Å². The average molecular weight is 306 g/mol. The van der Waals surface area contributed by atoms with Crippen molar-refractivity contribution in [1.29, 1.82) is 0 Å². The monoisotopic (exact) mass is 306 g/mol. The molecule has 1 aromatic rings. The van der Waals surface area contributed by atoms with E-state index in [9.17, 15) is 8.42 Å². The molecular formula is C16H22N2O2S. The molecule has 4 nitrogen and oxygen atoms in total. The molecule has 2 aliphatic heterocycles. The molecule has 1 saturated heterocycles. The third-order valence-electron chi connectivity index (χ3n) is 5.36. The van der Waals surface area contributed by atoms with Crippen molar-refractivity contribution in [3.05, 3.63) is 23.8 Å². The molecule has 2 fully saturated rings. The number of fused-ring (bicyclic) bond motifs is 2. The lowest BCUT2D eigenvalue weighted by atomic mass is 10.0. The summed E-state index contributed by atoms with van der Waals surface area (Å²) in [6.45, 7) is 2.39. The van der Waals surface area contributed by atoms with Crippen molar-refractivity contribution in [2.24, 2.45) is 11.8 Å². The molecule has 1 aliphatic carbocycles. The van der Waals surface area contributed by atoms with Crippen LogP contribution in [0.15, 0.2) is 23.1 Å². The van der Waals surface area contributed by atoms with Crippen molar-refractivity contribution < 1.29 is 8.42 Å². The van der Waals surface area contributed by atoms with E-state index in [0.717, 1.165) is 43.7 Å². The van der Waals surface area contributed by atoms with Crippen molar-refractivity contribution in [2.75, 3.05) is 25.0 Å². The van der Waals surface area contributed by atoms with Crippen LogP contribution in [0.1, 0.15) is 31.2 Å². The molecule has 5 heteroatoms. The molecule has 3 aliphatic rings. The highest BCUT2D eigenvalue weighted by molar-refractivity contribution is 7.89. The van der Waals surface area contributed by atoms with Gasteiger partial charge in [0.05, 0.1) is 4.90 Å². The van der Waals surface area contributed by atoms with Crippen LogP contribution in [0.4, 0.5) is 5.69 Å². The van der Waals surface area contributed by atoms with Gasteiger partial charge in [-0.2, -0.15) is 4.31 Å². The van der Waals surface area contributed by atoms with E-state index >= 15 is 0 Å². The highest BCUT2D eigenvalue weighted by Crippen LogP contribution is 2.40. The molecule has 2 heterocycles. The molecule has 114 valence electrons. The largest absolute Gasteiger partial charge is 0.385 e. The fraction of sp³-hybridized carbons (Fsp3) is 0.625. The molecule has 1 N–H and O–H groups in total. The Bertz CT molecular complexity index is 644. The van der Waals surface area contributed by atoms with Gasteiger partial charge in [-0.05, 0) is 55.2 Å². The topological polar surface area (TPSA) is 49.4 Å². The van der Waals surface area contributed by atoms with E-state index in [-0.39, 0.29) is 0 Å². The summed E-state index contributed by atoms with van der Waals surface area (Å²) in [6.07, 6.45) is 5.54. The van der Waals surface area contributed by atoms with Gasteiger partial charge in [-0.25, -0.2) is 8.42 Å². The highest BCUT2D eigenvalue weighted by Gasteiger charge is 2.42. The molecule has 0 radical (unpaired) electrons. The summed E-state index contributed by atoms with van der Waals surface area (Å²) < 4.78 is 27.8. The second kappa shape index (κ2) is 4.99. The van der Waals surface area contributed by atoms with Crippen molar-refractivity contribution >= 4 is 15.7 Å². The number of benzene rings is 1. The SMILES string of the molecule is O=S(=O)(c1cccc2c1CCCN2)N1CC2CCCC2C1. The molecule has 1 saturated carbocycles. The fourth-order valence-electron chi connectivity index (χ4n) is 4.25. The Morgan fingerprint density at radius 3 is 2.62 bits per heavy atom. The van der Waals surface area contributed by atoms with Gasteiger partial charge in [0.2, 0.25) is 10.0 Å². The van der Waals surface area contributed by atoms with Crippen molar-refractivity contribution in [1.82, 2.24) is 4.31 Å². The maximum Gasteiger partial charge on any atom is 0.243 e. The lowest BCUT2D eigenvalue weighted by molar-refractivity contribution is 0.444. The highest BCUT2D eigenvalue weighted by atomic mass is 32.2. The number of rotatable bonds is 2. The molecule has 0 bridgehead atoms. The van der Waals surface area contributed by atoms with Crippen LogP contribution in [0, 0.1) is 11.8 Å². The molecule has 1 aromatic carbocycles. The van der Waals surface area contributed by atoms with Crippen LogP contribution in [0.3, 0.4) is 0 Å². The zero-order chi connectivity index (χ0) is 14.4. The zero-order valence-corrected chi connectivity index (χ0v) is 13.0. The van der Waals surface area contributed by atoms with Gasteiger partial charge >= 0.3 is 0 Å². The predicted molar refractivity (Wildman–Crippen MR) is 82.8 cm³/mol. The third-order valence-corrected chi connectivity index (χ3v) is 7.28. The quantitative estimate of drug-likeness (QED) is 0.913. The first kappa shape index (κ1) is 13.6. The average Bonchev–Trinajstić information content (AvgIpc) is 3.08. The van der Waals surface area contributed by atoms with Crippen LogP contribution in [0.2, 0.25) is 0 Å². The molecule has 0 amide bonds. The van der Waals surface area contributed by atoms with Crippen molar-refractivity contribution in [2.45, 2.75) is 37.0 Å². The molecule has 0 aromatic heterocycles. The smallest absolute Gasteiger partial charge is 0.243 e. The van der Waals surface area contributed by atoms with Crippen LogP contribution >= 0.6 is 0 Å². The van der Waals surface area contributed by atoms with Crippen molar-refractivity contribution in [3.63, 3.8) is 0 Å². The Morgan fingerprint density at radius 2 is 1.86 bits per heavy atom. The minimum Gasteiger partial charge on any atom is -0.385 e. The van der Waals surface area contributed by atoms with Gasteiger partial charge in [0.1, 0.15) is 0 Å². The van der Waals surface area contributed by atoms with E-state index in [1.165, 1.54) is 19.3 Å². The first-order valence-corrected chi connectivity index (χ1v) is 9.46. The van der Waals surface area contributed by atoms with E-state index in [0.29, 0.717) is 16.7 Å². The molecule has 4 rings (SSSR count). The molecule has 2 unspecified atom stereocenters. The Labute approximate surface area is 126 Å². The summed E-state index contributed by atoms with van der Waals surface area (Å²) in [7, 11) is -3.33. The maximum absolute atomic E-state index is 13.0. The summed E-state index contributed by atoms with van der Waals surface area (Å²) >= 11 is 0. The lowest BCUT2D eigenvalue weighted by Crippen LogP contribution is -2.31. The summed E-state index contributed by atoms with van der Waals surface area (Å²) in [5.41, 5.74) is 1.99. The van der Waals surface area contributed by atoms with E-state index in [2.05, 4.69) is 5.32 Å². The van der Waals surface area contributed by atoms with Crippen LogP contribution in [-0.2, 0) is 16.4 Å². The number of nitrogens with one attached hydrogen (secondary N) is 1. The van der Waals surface area contributed by atoms with Gasteiger partial charge in [-0.3, -0.25) is 0 Å². The lowest BCUT2D eigenvalue weighted by Gasteiger charge is -2.24. The third kappa shape index (κ3) is 2.18. The van der Waals surface area contributed by atoms with E-state index in [1.807, 2.05) is 12.1 Å². The molecule has 0 spiro atoms. The summed E-state index contributed by atoms with van der Waals surface area (Å²) in [5, 5.41) is 3.32. The second-order valence-corrected chi connectivity index (χ2v) is 8.49. The minimum absolute atomic E-state index is 0.534. The van der Waals surface area contributed by atoms with E-state index in [4.69, 9.17) is 0 Å². The van der Waals surface area contributed by atoms with E-state index < -0.39 is 10.0 Å². The van der Waals surface area contributed by atoms with Crippen LogP contribution in [0.25, 0.3) is 0 Å². The normalized spacial score (nSPS) is 29.0. The number of hydrogen-bond donors (Lipinski definition) is 1. The summed E-state index contributed by atoms with van der Waals surface area (Å²) in [5.74, 6) is 1.19. The Morgan fingerprint density at radius 1 is 1.10 bits per heavy atom. The van der Waals surface area contributed by atoms with Gasteiger partial charge in [-0.1, -0.05) is 12.5 Å². The van der Waals surface area contributed by atoms with Gasteiger partial charge in [0, 0.05) is 25.3 Å². The zero-order valence-electron chi connectivity index (χ0n) is 12.2. The minimum atomic E-state index is -3.33. The Kier molecular flexibility index (Phi) is 3.23. The standard InChI is InChI=1S/C16H22N2O2S/c19-21(20,18-10-12-4-1-5-13(12)11-18)16-8-2-7-15-14(16)6-3-9-17-15/h2,7-8,12-13,17H,1,3-6,9-11H2. The van der Waals surface area contributed by atoms with Gasteiger partial charge in [0.25, 0.3) is 0 Å². The fourth-order valence-corrected chi connectivity index (χ4v) is 6.07.